The minimum atomic E-state index is -3.78. The lowest BCUT2D eigenvalue weighted by Gasteiger charge is -2.36. The zero-order valence-electron chi connectivity index (χ0n) is 16.6. The number of para-hydroxylation sites is 1. The highest BCUT2D eigenvalue weighted by Crippen LogP contribution is 2.32. The fourth-order valence-corrected chi connectivity index (χ4v) is 4.97. The fraction of sp³-hybridized carbons (Fsp3) is 0.125. The number of anilines is 1. The third kappa shape index (κ3) is 3.92. The van der Waals surface area contributed by atoms with Crippen LogP contribution in [0.4, 0.5) is 5.69 Å². The van der Waals surface area contributed by atoms with Gasteiger partial charge in [0.05, 0.1) is 16.1 Å². The zero-order valence-corrected chi connectivity index (χ0v) is 17.4. The monoisotopic (exact) mass is 417 g/mol. The first kappa shape index (κ1) is 20.1. The maximum absolute atomic E-state index is 13.3. The molecule has 4 rings (SSSR count). The number of sulfonamides is 1. The van der Waals surface area contributed by atoms with Gasteiger partial charge in [0, 0.05) is 11.6 Å². The molecule has 5 nitrogen and oxygen atoms in total. The second-order valence-corrected chi connectivity index (χ2v) is 8.73. The van der Waals surface area contributed by atoms with Gasteiger partial charge in [-0.15, -0.1) is 0 Å². The van der Waals surface area contributed by atoms with Gasteiger partial charge in [-0.1, -0.05) is 73.7 Å². The second kappa shape index (κ2) is 8.26. The van der Waals surface area contributed by atoms with Crippen LogP contribution < -0.4 is 10.0 Å². The molecule has 0 fully saturated rings. The van der Waals surface area contributed by atoms with Gasteiger partial charge in [-0.3, -0.25) is 4.98 Å². The lowest BCUT2D eigenvalue weighted by atomic mass is 9.96. The van der Waals surface area contributed by atoms with E-state index in [1.807, 2.05) is 67.6 Å². The van der Waals surface area contributed by atoms with E-state index in [0.29, 0.717) is 6.42 Å². The molecule has 1 heterocycles. The molecule has 2 N–H and O–H groups in total. The molecule has 0 bridgehead atoms. The molecule has 0 radical (unpaired) electrons. The maximum Gasteiger partial charge on any atom is 0.242 e. The van der Waals surface area contributed by atoms with Crippen LogP contribution in [-0.2, 0) is 15.7 Å². The molecule has 6 heteroatoms. The average molecular weight is 418 g/mol. The Hall–Kier alpha value is -3.22. The lowest BCUT2D eigenvalue weighted by molar-refractivity contribution is 0.431. The summed E-state index contributed by atoms with van der Waals surface area (Å²) in [5, 5.41) is 4.45. The molecule has 4 aromatic rings. The predicted octanol–water partition coefficient (Wildman–Crippen LogP) is 4.89. The number of benzene rings is 3. The highest BCUT2D eigenvalue weighted by Gasteiger charge is 2.36. The first-order valence-electron chi connectivity index (χ1n) is 9.80. The Labute approximate surface area is 176 Å². The number of pyridine rings is 1. The minimum absolute atomic E-state index is 0.219. The summed E-state index contributed by atoms with van der Waals surface area (Å²) in [6, 6.07) is 27.7. The number of nitrogens with zero attached hydrogens (tertiary/aromatic N) is 1. The number of rotatable bonds is 7. The Morgan fingerprint density at radius 1 is 0.833 bits per heavy atom. The molecular formula is C24H23N3O2S. The van der Waals surface area contributed by atoms with E-state index < -0.39 is 15.7 Å². The van der Waals surface area contributed by atoms with Crippen molar-refractivity contribution in [1.29, 1.82) is 0 Å². The van der Waals surface area contributed by atoms with E-state index in [1.165, 1.54) is 0 Å². The van der Waals surface area contributed by atoms with E-state index >= 15 is 0 Å². The molecule has 1 atom stereocenters. The Kier molecular flexibility index (Phi) is 5.53. The summed E-state index contributed by atoms with van der Waals surface area (Å²) in [7, 11) is -3.78. The van der Waals surface area contributed by atoms with Crippen molar-refractivity contribution in [1.82, 2.24) is 9.71 Å². The molecule has 0 aliphatic heterocycles. The first-order valence-corrected chi connectivity index (χ1v) is 11.3. The van der Waals surface area contributed by atoms with Gasteiger partial charge in [0.25, 0.3) is 0 Å². The molecule has 3 aromatic carbocycles. The largest absolute Gasteiger partial charge is 0.361 e. The standard InChI is InChI=1S/C24H23N3O2S/c1-2-24(20-13-5-3-6-14-20,27-30(28,29)21-15-7-4-8-16-21)26-22-17-9-11-19-12-10-18-25-23(19)22/h3-18,26-27H,2H2,1H3. The molecule has 1 aromatic heterocycles. The van der Waals surface area contributed by atoms with Crippen molar-refractivity contribution in [3.63, 3.8) is 0 Å². The van der Waals surface area contributed by atoms with Crippen molar-refractivity contribution in [2.75, 3.05) is 5.32 Å². The van der Waals surface area contributed by atoms with E-state index in [0.717, 1.165) is 22.2 Å². The van der Waals surface area contributed by atoms with E-state index in [4.69, 9.17) is 0 Å². The van der Waals surface area contributed by atoms with Gasteiger partial charge < -0.3 is 5.32 Å². The van der Waals surface area contributed by atoms with Crippen LogP contribution in [0, 0.1) is 0 Å². The van der Waals surface area contributed by atoms with E-state index in [9.17, 15) is 8.42 Å². The summed E-state index contributed by atoms with van der Waals surface area (Å²) in [4.78, 5) is 4.73. The second-order valence-electron chi connectivity index (χ2n) is 7.05. The van der Waals surface area contributed by atoms with Gasteiger partial charge in [0.1, 0.15) is 5.66 Å². The molecular weight excluding hydrogens is 394 g/mol. The van der Waals surface area contributed by atoms with Crippen LogP contribution >= 0.6 is 0 Å². The van der Waals surface area contributed by atoms with Crippen molar-refractivity contribution >= 4 is 26.6 Å². The van der Waals surface area contributed by atoms with Crippen LogP contribution in [0.2, 0.25) is 0 Å². The summed E-state index contributed by atoms with van der Waals surface area (Å²) in [5.74, 6) is 0. The Bertz CT molecular complexity index is 1240. The summed E-state index contributed by atoms with van der Waals surface area (Å²) < 4.78 is 29.5. The molecule has 0 saturated carbocycles. The van der Waals surface area contributed by atoms with Crippen molar-refractivity contribution in [3.8, 4) is 0 Å². The topological polar surface area (TPSA) is 71.1 Å². The summed E-state index contributed by atoms with van der Waals surface area (Å²) >= 11 is 0. The van der Waals surface area contributed by atoms with Crippen LogP contribution in [0.25, 0.3) is 10.9 Å². The van der Waals surface area contributed by atoms with Crippen molar-refractivity contribution in [2.24, 2.45) is 0 Å². The van der Waals surface area contributed by atoms with Gasteiger partial charge in [0.15, 0.2) is 0 Å². The van der Waals surface area contributed by atoms with Crippen molar-refractivity contribution in [2.45, 2.75) is 23.9 Å². The minimum Gasteiger partial charge on any atom is -0.361 e. The predicted molar refractivity (Wildman–Crippen MR) is 121 cm³/mol. The van der Waals surface area contributed by atoms with Gasteiger partial charge in [0.2, 0.25) is 10.0 Å². The Morgan fingerprint density at radius 2 is 1.50 bits per heavy atom. The molecule has 0 saturated heterocycles. The van der Waals surface area contributed by atoms with Crippen LogP contribution in [-0.4, -0.2) is 13.4 Å². The van der Waals surface area contributed by atoms with Crippen LogP contribution in [0.5, 0.6) is 0 Å². The third-order valence-electron chi connectivity index (χ3n) is 5.14. The number of hydrogen-bond donors (Lipinski definition) is 2. The quantitative estimate of drug-likeness (QED) is 0.420. The number of nitrogens with one attached hydrogen (secondary N) is 2. The van der Waals surface area contributed by atoms with Crippen molar-refractivity contribution in [3.05, 3.63) is 103 Å². The van der Waals surface area contributed by atoms with Crippen LogP contribution in [0.3, 0.4) is 0 Å². The zero-order chi connectivity index (χ0) is 21.0. The summed E-state index contributed by atoms with van der Waals surface area (Å²) in [6.07, 6.45) is 2.21. The molecule has 0 spiro atoms. The number of hydrogen-bond acceptors (Lipinski definition) is 4. The van der Waals surface area contributed by atoms with Crippen LogP contribution in [0.15, 0.2) is 102 Å². The van der Waals surface area contributed by atoms with Crippen molar-refractivity contribution < 1.29 is 8.42 Å². The number of aromatic nitrogens is 1. The summed E-state index contributed by atoms with van der Waals surface area (Å²) in [6.45, 7) is 1.95. The van der Waals surface area contributed by atoms with E-state index in [1.54, 1.807) is 36.5 Å². The molecule has 152 valence electrons. The molecule has 1 unspecified atom stereocenters. The molecule has 0 aliphatic carbocycles. The highest BCUT2D eigenvalue weighted by atomic mass is 32.2. The van der Waals surface area contributed by atoms with Gasteiger partial charge in [-0.05, 0) is 36.2 Å². The van der Waals surface area contributed by atoms with Crippen LogP contribution in [0.1, 0.15) is 18.9 Å². The normalized spacial score (nSPS) is 13.6. The van der Waals surface area contributed by atoms with Gasteiger partial charge in [-0.25, -0.2) is 8.42 Å². The van der Waals surface area contributed by atoms with E-state index in [-0.39, 0.29) is 4.90 Å². The lowest BCUT2D eigenvalue weighted by Crippen LogP contribution is -2.51. The van der Waals surface area contributed by atoms with E-state index in [2.05, 4.69) is 15.0 Å². The third-order valence-corrected chi connectivity index (χ3v) is 6.65. The first-order chi connectivity index (χ1) is 14.5. The molecule has 0 aliphatic rings. The van der Waals surface area contributed by atoms with Gasteiger partial charge >= 0.3 is 0 Å². The fourth-order valence-electron chi connectivity index (χ4n) is 3.57. The molecule has 0 amide bonds. The van der Waals surface area contributed by atoms with Gasteiger partial charge in [-0.2, -0.15) is 4.72 Å². The maximum atomic E-state index is 13.3. The SMILES string of the molecule is CCC(Nc1cccc2cccnc12)(NS(=O)(=O)c1ccccc1)c1ccccc1. The Morgan fingerprint density at radius 3 is 2.20 bits per heavy atom. The number of fused-ring (bicyclic) bond motifs is 1. The average Bonchev–Trinajstić information content (AvgIpc) is 2.80. The highest BCUT2D eigenvalue weighted by molar-refractivity contribution is 7.89. The smallest absolute Gasteiger partial charge is 0.242 e. The molecule has 30 heavy (non-hydrogen) atoms. The summed E-state index contributed by atoms with van der Waals surface area (Å²) in [5.41, 5.74) is 1.31. The Balaban J connectivity index is 1.84.